The van der Waals surface area contributed by atoms with Gasteiger partial charge in [0, 0.05) is 43.4 Å². The van der Waals surface area contributed by atoms with Crippen LogP contribution in [0.25, 0.3) is 5.65 Å². The number of hydrogen-bond donors (Lipinski definition) is 0. The molecular formula is C19H20N4O3. The Morgan fingerprint density at radius 2 is 2.04 bits per heavy atom. The van der Waals surface area contributed by atoms with Crippen LogP contribution in [0.15, 0.2) is 30.5 Å². The normalized spacial score (nSPS) is 13.6. The molecule has 0 saturated carbocycles. The number of carbonyl (C=O) groups excluding carboxylic acids is 1. The Labute approximate surface area is 151 Å². The topological polar surface area (TPSA) is 69.0 Å². The molecule has 0 radical (unpaired) electrons. The van der Waals surface area contributed by atoms with E-state index in [1.165, 1.54) is 0 Å². The predicted octanol–water partition coefficient (Wildman–Crippen LogP) is 2.25. The molecule has 7 nitrogen and oxygen atoms in total. The number of amides is 1. The molecule has 134 valence electrons. The van der Waals surface area contributed by atoms with Crippen LogP contribution < -0.4 is 9.47 Å². The molecule has 0 spiro atoms. The van der Waals surface area contributed by atoms with Gasteiger partial charge < -0.3 is 14.4 Å². The van der Waals surface area contributed by atoms with Gasteiger partial charge in [-0.1, -0.05) is 0 Å². The van der Waals surface area contributed by atoms with E-state index in [0.717, 1.165) is 29.0 Å². The van der Waals surface area contributed by atoms with E-state index in [9.17, 15) is 4.79 Å². The molecule has 1 amide bonds. The van der Waals surface area contributed by atoms with Gasteiger partial charge >= 0.3 is 0 Å². The molecule has 2 aromatic heterocycles. The Bertz CT molecular complexity index is 996. The van der Waals surface area contributed by atoms with Gasteiger partial charge in [-0.15, -0.1) is 0 Å². The molecule has 0 atom stereocenters. The van der Waals surface area contributed by atoms with Crippen LogP contribution in [-0.2, 0) is 13.0 Å². The molecule has 4 rings (SSSR count). The zero-order chi connectivity index (χ0) is 18.3. The van der Waals surface area contributed by atoms with Crippen LogP contribution in [0, 0.1) is 6.92 Å². The van der Waals surface area contributed by atoms with Crippen LogP contribution in [0.5, 0.6) is 11.5 Å². The fourth-order valence-electron chi connectivity index (χ4n) is 3.37. The number of nitrogens with zero attached hydrogens (tertiary/aromatic N) is 4. The summed E-state index contributed by atoms with van der Waals surface area (Å²) in [4.78, 5) is 19.3. The molecule has 3 heterocycles. The molecule has 26 heavy (non-hydrogen) atoms. The predicted molar refractivity (Wildman–Crippen MR) is 95.7 cm³/mol. The Kier molecular flexibility index (Phi) is 3.99. The van der Waals surface area contributed by atoms with Gasteiger partial charge in [-0.2, -0.15) is 5.10 Å². The molecule has 3 aromatic rings. The van der Waals surface area contributed by atoms with Crippen LogP contribution in [0.1, 0.15) is 27.3 Å². The SMILES string of the molecule is COc1ccc(C(=O)N2CCc3c(cnc4cc(C)nn34)C2)c(OC)c1. The van der Waals surface area contributed by atoms with Crippen molar-refractivity contribution in [1.82, 2.24) is 19.5 Å². The Morgan fingerprint density at radius 3 is 2.81 bits per heavy atom. The molecule has 0 saturated heterocycles. The third kappa shape index (κ3) is 2.65. The summed E-state index contributed by atoms with van der Waals surface area (Å²) < 4.78 is 12.5. The molecule has 0 bridgehead atoms. The van der Waals surface area contributed by atoms with Crippen LogP contribution in [0.4, 0.5) is 0 Å². The highest BCUT2D eigenvalue weighted by Crippen LogP contribution is 2.28. The highest BCUT2D eigenvalue weighted by atomic mass is 16.5. The maximum atomic E-state index is 13.0. The lowest BCUT2D eigenvalue weighted by molar-refractivity contribution is 0.0729. The Morgan fingerprint density at radius 1 is 1.19 bits per heavy atom. The van der Waals surface area contributed by atoms with Gasteiger partial charge in [0.05, 0.1) is 31.2 Å². The average molecular weight is 352 g/mol. The van der Waals surface area contributed by atoms with Crippen molar-refractivity contribution in [2.24, 2.45) is 0 Å². The molecule has 1 aromatic carbocycles. The third-order valence-electron chi connectivity index (χ3n) is 4.70. The highest BCUT2D eigenvalue weighted by molar-refractivity contribution is 5.97. The first kappa shape index (κ1) is 16.4. The molecule has 7 heteroatoms. The summed E-state index contributed by atoms with van der Waals surface area (Å²) in [6.07, 6.45) is 2.58. The van der Waals surface area contributed by atoms with E-state index in [-0.39, 0.29) is 5.91 Å². The van der Waals surface area contributed by atoms with E-state index in [1.807, 2.05) is 28.6 Å². The van der Waals surface area contributed by atoms with Crippen molar-refractivity contribution in [2.75, 3.05) is 20.8 Å². The summed E-state index contributed by atoms with van der Waals surface area (Å²) >= 11 is 0. The van der Waals surface area contributed by atoms with Crippen molar-refractivity contribution < 1.29 is 14.3 Å². The van der Waals surface area contributed by atoms with E-state index < -0.39 is 0 Å². The van der Waals surface area contributed by atoms with Crippen molar-refractivity contribution in [3.8, 4) is 11.5 Å². The van der Waals surface area contributed by atoms with Crippen molar-refractivity contribution in [3.05, 3.63) is 53.0 Å². The second-order valence-electron chi connectivity index (χ2n) is 6.33. The first-order chi connectivity index (χ1) is 12.6. The zero-order valence-electron chi connectivity index (χ0n) is 15.0. The summed E-state index contributed by atoms with van der Waals surface area (Å²) in [5, 5.41) is 4.52. The van der Waals surface area contributed by atoms with E-state index in [2.05, 4.69) is 10.1 Å². The molecular weight excluding hydrogens is 332 g/mol. The van der Waals surface area contributed by atoms with Crippen LogP contribution in [0.2, 0.25) is 0 Å². The van der Waals surface area contributed by atoms with Crippen molar-refractivity contribution in [2.45, 2.75) is 19.9 Å². The molecule has 0 N–H and O–H groups in total. The second-order valence-corrected chi connectivity index (χ2v) is 6.33. The van der Waals surface area contributed by atoms with Gasteiger partial charge in [0.1, 0.15) is 11.5 Å². The van der Waals surface area contributed by atoms with Crippen molar-refractivity contribution in [1.29, 1.82) is 0 Å². The minimum Gasteiger partial charge on any atom is -0.497 e. The number of aromatic nitrogens is 3. The number of benzene rings is 1. The summed E-state index contributed by atoms with van der Waals surface area (Å²) in [5.74, 6) is 1.10. The lowest BCUT2D eigenvalue weighted by Crippen LogP contribution is -2.37. The fourth-order valence-corrected chi connectivity index (χ4v) is 3.37. The van der Waals surface area contributed by atoms with Crippen molar-refractivity contribution >= 4 is 11.6 Å². The number of fused-ring (bicyclic) bond motifs is 3. The summed E-state index contributed by atoms with van der Waals surface area (Å²) in [7, 11) is 3.14. The van der Waals surface area contributed by atoms with E-state index in [0.29, 0.717) is 30.2 Å². The molecule has 0 unspecified atom stereocenters. The van der Waals surface area contributed by atoms with Gasteiger partial charge in [-0.05, 0) is 19.1 Å². The van der Waals surface area contributed by atoms with Crippen molar-refractivity contribution in [3.63, 3.8) is 0 Å². The minimum absolute atomic E-state index is 0.0631. The van der Waals surface area contributed by atoms with Crippen LogP contribution >= 0.6 is 0 Å². The Balaban J connectivity index is 1.64. The van der Waals surface area contributed by atoms with Gasteiger partial charge in [-0.25, -0.2) is 9.50 Å². The number of hydrogen-bond acceptors (Lipinski definition) is 5. The number of rotatable bonds is 3. The largest absolute Gasteiger partial charge is 0.497 e. The standard InChI is InChI=1S/C19H20N4O3/c1-12-8-18-20-10-13-11-22(7-6-16(13)23(18)21-12)19(24)15-5-4-14(25-2)9-17(15)26-3/h4-5,8-10H,6-7,11H2,1-3H3. The molecule has 0 aliphatic carbocycles. The average Bonchev–Trinajstić information content (AvgIpc) is 3.07. The lowest BCUT2D eigenvalue weighted by Gasteiger charge is -2.29. The second kappa shape index (κ2) is 6.33. The summed E-state index contributed by atoms with van der Waals surface area (Å²) in [6, 6.07) is 7.20. The number of ether oxygens (including phenoxy) is 2. The number of carbonyl (C=O) groups is 1. The Hall–Kier alpha value is -3.09. The minimum atomic E-state index is -0.0631. The lowest BCUT2D eigenvalue weighted by atomic mass is 10.1. The van der Waals surface area contributed by atoms with Gasteiger partial charge in [-0.3, -0.25) is 4.79 Å². The smallest absolute Gasteiger partial charge is 0.257 e. The highest BCUT2D eigenvalue weighted by Gasteiger charge is 2.26. The third-order valence-corrected chi connectivity index (χ3v) is 4.70. The zero-order valence-corrected chi connectivity index (χ0v) is 15.0. The van der Waals surface area contributed by atoms with E-state index >= 15 is 0 Å². The number of methoxy groups -OCH3 is 2. The first-order valence-electron chi connectivity index (χ1n) is 8.45. The fraction of sp³-hybridized carbons (Fsp3) is 0.316. The molecule has 1 aliphatic rings. The molecule has 1 aliphatic heterocycles. The maximum Gasteiger partial charge on any atom is 0.257 e. The van der Waals surface area contributed by atoms with Crippen LogP contribution in [0.3, 0.4) is 0 Å². The summed E-state index contributed by atoms with van der Waals surface area (Å²) in [5.41, 5.74) is 4.45. The van der Waals surface area contributed by atoms with E-state index in [1.54, 1.807) is 32.4 Å². The summed E-state index contributed by atoms with van der Waals surface area (Å²) in [6.45, 7) is 3.08. The quantitative estimate of drug-likeness (QED) is 0.723. The van der Waals surface area contributed by atoms with E-state index in [4.69, 9.17) is 9.47 Å². The number of aryl methyl sites for hydroxylation is 1. The van der Waals surface area contributed by atoms with Gasteiger partial charge in [0.15, 0.2) is 5.65 Å². The maximum absolute atomic E-state index is 13.0. The first-order valence-corrected chi connectivity index (χ1v) is 8.45. The molecule has 0 fully saturated rings. The monoisotopic (exact) mass is 352 g/mol. The van der Waals surface area contributed by atoms with Gasteiger partial charge in [0.2, 0.25) is 0 Å². The van der Waals surface area contributed by atoms with Crippen LogP contribution in [-0.4, -0.2) is 46.2 Å². The van der Waals surface area contributed by atoms with Gasteiger partial charge in [0.25, 0.3) is 5.91 Å².